The van der Waals surface area contributed by atoms with Crippen LogP contribution in [-0.2, 0) is 18.2 Å². The summed E-state index contributed by atoms with van der Waals surface area (Å²) in [6.45, 7) is 3.04. The van der Waals surface area contributed by atoms with E-state index in [1.807, 2.05) is 24.0 Å². The maximum Gasteiger partial charge on any atom is 0.0857 e. The van der Waals surface area contributed by atoms with Crippen molar-refractivity contribution in [3.63, 3.8) is 0 Å². The third-order valence-corrected chi connectivity index (χ3v) is 4.11. The number of aromatic nitrogens is 2. The van der Waals surface area contributed by atoms with Crippen molar-refractivity contribution in [2.24, 2.45) is 12.8 Å². The highest BCUT2D eigenvalue weighted by Gasteiger charge is 2.34. The van der Waals surface area contributed by atoms with E-state index >= 15 is 0 Å². The van der Waals surface area contributed by atoms with Gasteiger partial charge in [0.05, 0.1) is 18.4 Å². The first-order valence-corrected chi connectivity index (χ1v) is 6.82. The van der Waals surface area contributed by atoms with E-state index in [4.69, 9.17) is 10.5 Å². The summed E-state index contributed by atoms with van der Waals surface area (Å²) < 4.78 is 7.75. The van der Waals surface area contributed by atoms with E-state index in [0.29, 0.717) is 6.04 Å². The molecule has 3 rings (SSSR count). The highest BCUT2D eigenvalue weighted by atomic mass is 16.5. The predicted molar refractivity (Wildman–Crippen MR) is 69.2 cm³/mol. The summed E-state index contributed by atoms with van der Waals surface area (Å²) in [4.78, 5) is 2.53. The zero-order valence-corrected chi connectivity index (χ0v) is 11.0. The van der Waals surface area contributed by atoms with Gasteiger partial charge in [0.1, 0.15) is 0 Å². The molecule has 18 heavy (non-hydrogen) atoms. The fourth-order valence-corrected chi connectivity index (χ4v) is 3.05. The molecule has 2 fully saturated rings. The molecule has 100 valence electrons. The summed E-state index contributed by atoms with van der Waals surface area (Å²) in [5.41, 5.74) is 7.32. The molecule has 1 aromatic heterocycles. The lowest BCUT2D eigenvalue weighted by molar-refractivity contribution is -0.0590. The molecule has 3 unspecified atom stereocenters. The Morgan fingerprint density at radius 2 is 2.50 bits per heavy atom. The Hall–Kier alpha value is -0.910. The Morgan fingerprint density at radius 1 is 1.61 bits per heavy atom. The Labute approximate surface area is 108 Å². The van der Waals surface area contributed by atoms with Crippen molar-refractivity contribution >= 4 is 0 Å². The second-order valence-electron chi connectivity index (χ2n) is 5.51. The Kier molecular flexibility index (Phi) is 3.37. The van der Waals surface area contributed by atoms with E-state index in [0.717, 1.165) is 25.3 Å². The van der Waals surface area contributed by atoms with Crippen molar-refractivity contribution in [1.82, 2.24) is 14.7 Å². The number of fused-ring (bicyclic) bond motifs is 1. The first-order valence-electron chi connectivity index (χ1n) is 6.82. The van der Waals surface area contributed by atoms with Gasteiger partial charge in [-0.2, -0.15) is 5.10 Å². The van der Waals surface area contributed by atoms with Crippen molar-refractivity contribution in [3.05, 3.63) is 18.0 Å². The first kappa shape index (κ1) is 12.1. The zero-order valence-electron chi connectivity index (χ0n) is 11.0. The van der Waals surface area contributed by atoms with Gasteiger partial charge < -0.3 is 10.5 Å². The fourth-order valence-electron chi connectivity index (χ4n) is 3.05. The number of morpholine rings is 1. The van der Waals surface area contributed by atoms with Gasteiger partial charge >= 0.3 is 0 Å². The van der Waals surface area contributed by atoms with Gasteiger partial charge in [-0.1, -0.05) is 0 Å². The number of aryl methyl sites for hydroxylation is 1. The van der Waals surface area contributed by atoms with Crippen LogP contribution in [0.5, 0.6) is 0 Å². The third kappa shape index (κ3) is 2.43. The van der Waals surface area contributed by atoms with Gasteiger partial charge in [-0.15, -0.1) is 0 Å². The summed E-state index contributed by atoms with van der Waals surface area (Å²) in [7, 11) is 1.93. The number of nitrogens with two attached hydrogens (primary N) is 1. The van der Waals surface area contributed by atoms with Crippen LogP contribution in [0.2, 0.25) is 0 Å². The molecule has 0 bridgehead atoms. The maximum absolute atomic E-state index is 6.27. The van der Waals surface area contributed by atoms with E-state index in [2.05, 4.69) is 10.00 Å². The minimum absolute atomic E-state index is 0.0430. The molecular weight excluding hydrogens is 228 g/mol. The van der Waals surface area contributed by atoms with Crippen molar-refractivity contribution in [1.29, 1.82) is 0 Å². The van der Waals surface area contributed by atoms with Gasteiger partial charge in [0.15, 0.2) is 0 Å². The Morgan fingerprint density at radius 3 is 3.28 bits per heavy atom. The van der Waals surface area contributed by atoms with Gasteiger partial charge in [-0.05, 0) is 25.5 Å². The molecule has 2 saturated heterocycles. The molecule has 3 atom stereocenters. The molecule has 0 radical (unpaired) electrons. The van der Waals surface area contributed by atoms with Crippen LogP contribution in [0.15, 0.2) is 12.3 Å². The number of ether oxygens (including phenoxy) is 1. The molecule has 0 amide bonds. The zero-order chi connectivity index (χ0) is 12.5. The molecule has 0 aliphatic carbocycles. The van der Waals surface area contributed by atoms with E-state index in [-0.39, 0.29) is 12.1 Å². The molecule has 0 aromatic carbocycles. The molecule has 2 aliphatic rings. The van der Waals surface area contributed by atoms with E-state index in [1.54, 1.807) is 0 Å². The lowest BCUT2D eigenvalue weighted by Crippen LogP contribution is -2.53. The fraction of sp³-hybridized carbons (Fsp3) is 0.769. The molecule has 1 aromatic rings. The van der Waals surface area contributed by atoms with Gasteiger partial charge in [-0.25, -0.2) is 0 Å². The number of hydrogen-bond donors (Lipinski definition) is 1. The highest BCUT2D eigenvalue weighted by molar-refractivity contribution is 5.03. The van der Waals surface area contributed by atoms with Crippen LogP contribution in [0.25, 0.3) is 0 Å². The average Bonchev–Trinajstić information content (AvgIpc) is 2.96. The maximum atomic E-state index is 6.27. The van der Waals surface area contributed by atoms with E-state index in [9.17, 15) is 0 Å². The predicted octanol–water partition coefficient (Wildman–Crippen LogP) is 0.153. The molecule has 2 aliphatic heterocycles. The number of nitrogens with zero attached hydrogens (tertiary/aromatic N) is 3. The summed E-state index contributed by atoms with van der Waals surface area (Å²) in [6, 6.07) is 2.71. The monoisotopic (exact) mass is 250 g/mol. The van der Waals surface area contributed by atoms with Crippen LogP contribution in [0.4, 0.5) is 0 Å². The van der Waals surface area contributed by atoms with E-state index in [1.165, 1.54) is 19.4 Å². The summed E-state index contributed by atoms with van der Waals surface area (Å²) in [6.07, 6.45) is 5.49. The van der Waals surface area contributed by atoms with Gasteiger partial charge in [0.2, 0.25) is 0 Å². The van der Waals surface area contributed by atoms with Crippen LogP contribution < -0.4 is 5.73 Å². The molecule has 5 heteroatoms. The largest absolute Gasteiger partial charge is 0.374 e. The molecule has 3 heterocycles. The van der Waals surface area contributed by atoms with Crippen molar-refractivity contribution in [2.75, 3.05) is 19.7 Å². The van der Waals surface area contributed by atoms with Crippen molar-refractivity contribution < 1.29 is 4.74 Å². The topological polar surface area (TPSA) is 56.3 Å². The van der Waals surface area contributed by atoms with E-state index < -0.39 is 0 Å². The smallest absolute Gasteiger partial charge is 0.0857 e. The summed E-state index contributed by atoms with van der Waals surface area (Å²) >= 11 is 0. The summed E-state index contributed by atoms with van der Waals surface area (Å²) in [5, 5.41) is 4.38. The Bertz CT molecular complexity index is 405. The van der Waals surface area contributed by atoms with Crippen LogP contribution in [0, 0.1) is 0 Å². The van der Waals surface area contributed by atoms with Crippen LogP contribution >= 0.6 is 0 Å². The lowest BCUT2D eigenvalue weighted by atomic mass is 10.0. The third-order valence-electron chi connectivity index (χ3n) is 4.11. The quantitative estimate of drug-likeness (QED) is 0.830. The first-order chi connectivity index (χ1) is 8.72. The molecule has 0 saturated carbocycles. The van der Waals surface area contributed by atoms with Crippen molar-refractivity contribution in [3.8, 4) is 0 Å². The highest BCUT2D eigenvalue weighted by Crippen LogP contribution is 2.23. The lowest BCUT2D eigenvalue weighted by Gasteiger charge is -2.37. The second kappa shape index (κ2) is 4.99. The second-order valence-corrected chi connectivity index (χ2v) is 5.51. The van der Waals surface area contributed by atoms with Gasteiger partial charge in [-0.3, -0.25) is 9.58 Å². The van der Waals surface area contributed by atoms with Crippen LogP contribution in [0.1, 0.15) is 18.5 Å². The normalized spacial score (nSPS) is 30.3. The minimum atomic E-state index is 0.0430. The summed E-state index contributed by atoms with van der Waals surface area (Å²) in [5.74, 6) is 0. The Balaban J connectivity index is 1.57. The van der Waals surface area contributed by atoms with Crippen molar-refractivity contribution in [2.45, 2.75) is 37.5 Å². The van der Waals surface area contributed by atoms with Gasteiger partial charge in [0.25, 0.3) is 0 Å². The molecule has 5 nitrogen and oxygen atoms in total. The standard InChI is InChI=1S/C13H22N4O/c1-16-6-4-10(15-16)7-12(14)13-8-17-5-2-3-11(17)9-18-13/h4,6,11-13H,2-3,5,7-9,14H2,1H3. The molecule has 0 spiro atoms. The molecular formula is C13H22N4O. The van der Waals surface area contributed by atoms with Crippen LogP contribution in [-0.4, -0.2) is 52.6 Å². The SMILES string of the molecule is Cn1ccc(CC(N)C2CN3CCCC3CO2)n1. The number of rotatable bonds is 3. The van der Waals surface area contributed by atoms with Crippen LogP contribution in [0.3, 0.4) is 0 Å². The van der Waals surface area contributed by atoms with Gasteiger partial charge in [0, 0.05) is 38.3 Å². The molecule has 2 N–H and O–H groups in total. The average molecular weight is 250 g/mol. The minimum Gasteiger partial charge on any atom is -0.374 e. The number of hydrogen-bond acceptors (Lipinski definition) is 4.